The Hall–Kier alpha value is -1.75. The molecule has 8 heteroatoms. The van der Waals surface area contributed by atoms with Gasteiger partial charge in [-0.25, -0.2) is 8.42 Å². The van der Waals surface area contributed by atoms with Crippen molar-refractivity contribution in [1.29, 1.82) is 5.26 Å². The van der Waals surface area contributed by atoms with E-state index in [1.165, 1.54) is 18.2 Å². The van der Waals surface area contributed by atoms with Crippen LogP contribution in [0.2, 0.25) is 0 Å². The fraction of sp³-hybridized carbons (Fsp3) is 0.222. The summed E-state index contributed by atoms with van der Waals surface area (Å²) >= 11 is 0. The van der Waals surface area contributed by atoms with E-state index in [2.05, 4.69) is 4.74 Å². The number of rotatable bonds is 3. The fourth-order valence-electron chi connectivity index (χ4n) is 1.08. The molecule has 0 aliphatic heterocycles. The first-order valence-corrected chi connectivity index (χ1v) is 5.86. The molecule has 0 atom stereocenters. The van der Waals surface area contributed by atoms with Crippen molar-refractivity contribution in [2.24, 2.45) is 0 Å². The zero-order valence-corrected chi connectivity index (χ0v) is 9.05. The summed E-state index contributed by atoms with van der Waals surface area (Å²) in [6.07, 6.45) is -4.99. The van der Waals surface area contributed by atoms with Crippen LogP contribution in [0.4, 0.5) is 13.2 Å². The molecule has 0 fully saturated rings. The molecule has 0 amide bonds. The number of nitrogens with zero attached hydrogens (tertiary/aromatic N) is 1. The van der Waals surface area contributed by atoms with Crippen molar-refractivity contribution in [2.75, 3.05) is 5.75 Å². The Balaban J connectivity index is 3.23. The van der Waals surface area contributed by atoms with E-state index in [1.807, 2.05) is 0 Å². The van der Waals surface area contributed by atoms with Gasteiger partial charge in [0, 0.05) is 0 Å². The van der Waals surface area contributed by atoms with E-state index in [0.717, 1.165) is 12.1 Å². The Morgan fingerprint density at radius 3 is 2.41 bits per heavy atom. The first-order valence-electron chi connectivity index (χ1n) is 4.21. The van der Waals surface area contributed by atoms with Gasteiger partial charge in [-0.2, -0.15) is 5.26 Å². The van der Waals surface area contributed by atoms with Crippen LogP contribution < -0.4 is 4.74 Å². The van der Waals surface area contributed by atoms with Crippen LogP contribution in [0.25, 0.3) is 0 Å². The average molecular weight is 265 g/mol. The summed E-state index contributed by atoms with van der Waals surface area (Å²) in [7, 11) is -4.10. The van der Waals surface area contributed by atoms with E-state index >= 15 is 0 Å². The van der Waals surface area contributed by atoms with Crippen molar-refractivity contribution in [3.8, 4) is 11.8 Å². The van der Waals surface area contributed by atoms with Crippen LogP contribution in [0, 0.1) is 11.3 Å². The van der Waals surface area contributed by atoms with Gasteiger partial charge >= 0.3 is 6.36 Å². The van der Waals surface area contributed by atoms with Gasteiger partial charge in [0.15, 0.2) is 9.84 Å². The second-order valence-electron chi connectivity index (χ2n) is 2.91. The molecule has 1 rings (SSSR count). The predicted octanol–water partition coefficient (Wildman–Crippen LogP) is 1.88. The maximum Gasteiger partial charge on any atom is 0.573 e. The van der Waals surface area contributed by atoms with E-state index in [4.69, 9.17) is 5.26 Å². The lowest BCUT2D eigenvalue weighted by Gasteiger charge is -2.12. The molecule has 0 heterocycles. The van der Waals surface area contributed by atoms with Crippen LogP contribution in [0.3, 0.4) is 0 Å². The molecule has 0 radical (unpaired) electrons. The van der Waals surface area contributed by atoms with Gasteiger partial charge < -0.3 is 4.74 Å². The highest BCUT2D eigenvalue weighted by atomic mass is 32.2. The highest BCUT2D eigenvalue weighted by Crippen LogP contribution is 2.29. The number of halogens is 3. The van der Waals surface area contributed by atoms with E-state index in [0.29, 0.717) is 0 Å². The molecule has 0 saturated carbocycles. The highest BCUT2D eigenvalue weighted by Gasteiger charge is 2.33. The topological polar surface area (TPSA) is 67.2 Å². The van der Waals surface area contributed by atoms with Crippen molar-refractivity contribution < 1.29 is 26.3 Å². The Kier molecular flexibility index (Phi) is 3.63. The quantitative estimate of drug-likeness (QED) is 0.836. The second-order valence-corrected chi connectivity index (χ2v) is 4.87. The molecule has 0 N–H and O–H groups in total. The third kappa shape index (κ3) is 3.64. The number of hydrogen-bond acceptors (Lipinski definition) is 4. The fourth-order valence-corrected chi connectivity index (χ4v) is 2.11. The Bertz CT molecular complexity index is 545. The molecule has 1 aromatic carbocycles. The lowest BCUT2D eigenvalue weighted by Crippen LogP contribution is -2.19. The minimum atomic E-state index is -4.99. The smallest absolute Gasteiger partial charge is 0.404 e. The molecule has 0 spiro atoms. The molecule has 0 aromatic heterocycles. The normalized spacial score (nSPS) is 11.9. The lowest BCUT2D eigenvalue weighted by molar-refractivity contribution is -0.275. The number of nitriles is 1. The molecule has 0 aliphatic carbocycles. The first kappa shape index (κ1) is 13.3. The van der Waals surface area contributed by atoms with Crippen molar-refractivity contribution >= 4 is 9.84 Å². The average Bonchev–Trinajstić information content (AvgIpc) is 2.15. The zero-order chi connectivity index (χ0) is 13.1. The largest absolute Gasteiger partial charge is 0.573 e. The standard InChI is InChI=1S/C9H6F3NO3S/c10-9(11,12)16-7-3-1-2-4-8(7)17(14,15)6-5-13/h1-4H,6H2. The van der Waals surface area contributed by atoms with Gasteiger partial charge in [0.2, 0.25) is 0 Å². The Labute approximate surface area is 95.2 Å². The molecule has 4 nitrogen and oxygen atoms in total. The Morgan fingerprint density at radius 1 is 1.29 bits per heavy atom. The highest BCUT2D eigenvalue weighted by molar-refractivity contribution is 7.91. The maximum absolute atomic E-state index is 12.0. The summed E-state index contributed by atoms with van der Waals surface area (Å²) in [6, 6.07) is 5.64. The van der Waals surface area contributed by atoms with Crippen molar-refractivity contribution in [2.45, 2.75) is 11.3 Å². The Morgan fingerprint density at radius 2 is 1.88 bits per heavy atom. The minimum Gasteiger partial charge on any atom is -0.404 e. The summed E-state index contributed by atoms with van der Waals surface area (Å²) in [5, 5.41) is 8.29. The lowest BCUT2D eigenvalue weighted by atomic mass is 10.3. The molecular weight excluding hydrogens is 259 g/mol. The first-order chi connectivity index (χ1) is 7.76. The number of hydrogen-bond donors (Lipinski definition) is 0. The van der Waals surface area contributed by atoms with E-state index in [-0.39, 0.29) is 0 Å². The van der Waals surface area contributed by atoms with Crippen molar-refractivity contribution in [3.05, 3.63) is 24.3 Å². The van der Waals surface area contributed by atoms with Gasteiger partial charge in [0.1, 0.15) is 16.4 Å². The van der Waals surface area contributed by atoms with Crippen molar-refractivity contribution in [1.82, 2.24) is 0 Å². The molecule has 0 aliphatic rings. The number of ether oxygens (including phenoxy) is 1. The van der Waals surface area contributed by atoms with Gasteiger partial charge in [0.25, 0.3) is 0 Å². The molecule has 0 saturated heterocycles. The number of para-hydroxylation sites is 1. The van der Waals surface area contributed by atoms with Crippen LogP contribution in [0.5, 0.6) is 5.75 Å². The van der Waals surface area contributed by atoms with E-state index < -0.39 is 32.6 Å². The van der Waals surface area contributed by atoms with Gasteiger partial charge in [-0.05, 0) is 12.1 Å². The van der Waals surface area contributed by atoms with Crippen molar-refractivity contribution in [3.63, 3.8) is 0 Å². The number of benzene rings is 1. The molecule has 0 unspecified atom stereocenters. The van der Waals surface area contributed by atoms with Gasteiger partial charge in [-0.3, -0.25) is 0 Å². The monoisotopic (exact) mass is 265 g/mol. The molecule has 0 bridgehead atoms. The maximum atomic E-state index is 12.0. The second kappa shape index (κ2) is 4.63. The van der Waals surface area contributed by atoms with Gasteiger partial charge in [-0.15, -0.1) is 13.2 Å². The van der Waals surface area contributed by atoms with Gasteiger partial charge in [0.05, 0.1) is 6.07 Å². The third-order valence-electron chi connectivity index (χ3n) is 1.66. The van der Waals surface area contributed by atoms with Gasteiger partial charge in [-0.1, -0.05) is 12.1 Å². The zero-order valence-electron chi connectivity index (χ0n) is 8.23. The molecule has 17 heavy (non-hydrogen) atoms. The van der Waals surface area contributed by atoms with E-state index in [1.54, 1.807) is 0 Å². The third-order valence-corrected chi connectivity index (χ3v) is 3.18. The predicted molar refractivity (Wildman–Crippen MR) is 50.8 cm³/mol. The summed E-state index contributed by atoms with van der Waals surface area (Å²) in [5.74, 6) is -1.75. The number of sulfone groups is 1. The number of alkyl halides is 3. The summed E-state index contributed by atoms with van der Waals surface area (Å²) in [5.41, 5.74) is 0. The van der Waals surface area contributed by atoms with E-state index in [9.17, 15) is 21.6 Å². The van der Waals surface area contributed by atoms with Crippen LogP contribution >= 0.6 is 0 Å². The minimum absolute atomic E-state index is 0.654. The van der Waals surface area contributed by atoms with Crippen LogP contribution in [-0.4, -0.2) is 20.5 Å². The molecule has 1 aromatic rings. The summed E-state index contributed by atoms with van der Waals surface area (Å²) < 4.78 is 62.6. The molecule has 92 valence electrons. The summed E-state index contributed by atoms with van der Waals surface area (Å²) in [6.45, 7) is 0. The van der Waals surface area contributed by atoms with Crippen LogP contribution in [0.15, 0.2) is 29.2 Å². The van der Waals surface area contributed by atoms with Crippen LogP contribution in [0.1, 0.15) is 0 Å². The SMILES string of the molecule is N#CCS(=O)(=O)c1ccccc1OC(F)(F)F. The molecular formula is C9H6F3NO3S. The van der Waals surface area contributed by atoms with Crippen LogP contribution in [-0.2, 0) is 9.84 Å². The summed E-state index contributed by atoms with van der Waals surface area (Å²) in [4.78, 5) is -0.654.